The minimum Gasteiger partial charge on any atom is -0.222 e. The minimum atomic E-state index is 0.589. The van der Waals surface area contributed by atoms with Crippen molar-refractivity contribution in [3.05, 3.63) is 60.2 Å². The summed E-state index contributed by atoms with van der Waals surface area (Å²) in [5.74, 6) is 2.12. The van der Waals surface area contributed by atoms with E-state index in [-0.39, 0.29) is 0 Å². The van der Waals surface area contributed by atoms with Crippen molar-refractivity contribution < 1.29 is 4.59 Å². The van der Waals surface area contributed by atoms with E-state index in [4.69, 9.17) is 9.97 Å². The third kappa shape index (κ3) is 2.89. The molecule has 0 unspecified atom stereocenters. The van der Waals surface area contributed by atoms with Gasteiger partial charge >= 0.3 is 0 Å². The molecule has 2 aliphatic heterocycles. The number of aromatic nitrogens is 2. The summed E-state index contributed by atoms with van der Waals surface area (Å²) in [6, 6.07) is 20.0. The molecule has 2 saturated heterocycles. The van der Waals surface area contributed by atoms with Gasteiger partial charge in [-0.15, -0.1) is 0 Å². The number of para-hydroxylation sites is 1. The molecule has 27 heavy (non-hydrogen) atoms. The predicted octanol–water partition coefficient (Wildman–Crippen LogP) is 4.66. The molecule has 1 aromatic heterocycles. The fraction of sp³-hybridized carbons (Fsp3) is 0.364. The Balaban J connectivity index is 1.62. The first kappa shape index (κ1) is 17.0. The average Bonchev–Trinajstić information content (AvgIpc) is 3.23. The van der Waals surface area contributed by atoms with E-state index in [0.29, 0.717) is 6.04 Å². The molecule has 3 aromatic rings. The van der Waals surface area contributed by atoms with Crippen LogP contribution in [0.5, 0.6) is 0 Å². The molecule has 0 aliphatic carbocycles. The topological polar surface area (TPSA) is 29.0 Å². The summed E-state index contributed by atoms with van der Waals surface area (Å²) in [5.41, 5.74) is 2.47. The van der Waals surface area contributed by atoms with E-state index in [1.54, 1.807) is 11.8 Å². The SMILES string of the molecule is CCSc1nc(N2C3CC[N+]2(Cc2ccccc2)CC3)c2ccccc2n1. The highest BCUT2D eigenvalue weighted by Gasteiger charge is 2.53. The predicted molar refractivity (Wildman–Crippen MR) is 112 cm³/mol. The second kappa shape index (κ2) is 6.80. The van der Waals surface area contributed by atoms with Crippen LogP contribution in [0.3, 0.4) is 0 Å². The van der Waals surface area contributed by atoms with Crippen molar-refractivity contribution in [1.29, 1.82) is 0 Å². The molecule has 0 spiro atoms. The van der Waals surface area contributed by atoms with Crippen molar-refractivity contribution in [2.45, 2.75) is 37.5 Å². The quantitative estimate of drug-likeness (QED) is 0.367. The van der Waals surface area contributed by atoms with Crippen molar-refractivity contribution in [1.82, 2.24) is 9.97 Å². The Morgan fingerprint density at radius 3 is 2.52 bits per heavy atom. The molecule has 0 saturated carbocycles. The molecule has 5 rings (SSSR count). The molecule has 138 valence electrons. The number of rotatable bonds is 5. The normalized spacial score (nSPS) is 24.0. The van der Waals surface area contributed by atoms with Crippen LogP contribution in [0.1, 0.15) is 25.3 Å². The van der Waals surface area contributed by atoms with E-state index in [2.05, 4.69) is 66.5 Å². The Labute approximate surface area is 164 Å². The van der Waals surface area contributed by atoms with Gasteiger partial charge in [0.2, 0.25) is 0 Å². The Hall–Kier alpha value is -2.11. The number of benzene rings is 2. The van der Waals surface area contributed by atoms with Gasteiger partial charge in [-0.05, 0) is 17.9 Å². The second-order valence-corrected chi connectivity index (χ2v) is 8.77. The van der Waals surface area contributed by atoms with E-state index >= 15 is 0 Å². The van der Waals surface area contributed by atoms with Gasteiger partial charge in [-0.1, -0.05) is 61.2 Å². The van der Waals surface area contributed by atoms with Crippen molar-refractivity contribution in [2.24, 2.45) is 0 Å². The minimum absolute atomic E-state index is 0.589. The summed E-state index contributed by atoms with van der Waals surface area (Å²) in [6.45, 7) is 5.61. The number of piperidine rings is 1. The molecule has 0 radical (unpaired) electrons. The summed E-state index contributed by atoms with van der Waals surface area (Å²) in [4.78, 5) is 9.85. The lowest BCUT2D eigenvalue weighted by atomic mass is 10.1. The average molecular weight is 378 g/mol. The third-order valence-electron chi connectivity index (χ3n) is 5.93. The molecule has 2 bridgehead atoms. The second-order valence-electron chi connectivity index (χ2n) is 7.54. The van der Waals surface area contributed by atoms with Gasteiger partial charge in [0.15, 0.2) is 11.0 Å². The van der Waals surface area contributed by atoms with E-state index in [0.717, 1.165) is 33.4 Å². The maximum Gasteiger partial charge on any atom is 0.190 e. The van der Waals surface area contributed by atoms with Gasteiger partial charge in [-0.25, -0.2) is 14.6 Å². The maximum atomic E-state index is 5.06. The lowest BCUT2D eigenvalue weighted by molar-refractivity contribution is -0.930. The molecule has 4 nitrogen and oxygen atoms in total. The zero-order chi connectivity index (χ0) is 18.3. The van der Waals surface area contributed by atoms with Gasteiger partial charge in [0.1, 0.15) is 19.6 Å². The first-order valence-electron chi connectivity index (χ1n) is 9.88. The number of hydrogen-bond donors (Lipinski definition) is 0. The Kier molecular flexibility index (Phi) is 4.29. The Bertz CT molecular complexity index is 951. The van der Waals surface area contributed by atoms with Gasteiger partial charge in [0.25, 0.3) is 0 Å². The summed E-state index contributed by atoms with van der Waals surface area (Å²) < 4.78 is 1.01. The van der Waals surface area contributed by atoms with Crippen LogP contribution in [0.4, 0.5) is 5.82 Å². The molecule has 0 atom stereocenters. The van der Waals surface area contributed by atoms with Gasteiger partial charge < -0.3 is 0 Å². The standard InChI is InChI=1S/C22H25N4S/c1-2-27-22-23-20-11-7-6-10-19(20)21(24-22)25-18-12-14-26(25,15-13-18)16-17-8-4-3-5-9-17/h3-11,18H,2,12-16H2,1H3/q+1. The number of nitrogens with zero attached hydrogens (tertiary/aromatic N) is 4. The molecule has 2 fully saturated rings. The zero-order valence-electron chi connectivity index (χ0n) is 15.7. The highest BCUT2D eigenvalue weighted by Crippen LogP contribution is 2.43. The number of quaternary nitrogens is 1. The smallest absolute Gasteiger partial charge is 0.190 e. The lowest BCUT2D eigenvalue weighted by Crippen LogP contribution is -2.53. The summed E-state index contributed by atoms with van der Waals surface area (Å²) in [7, 11) is 0. The van der Waals surface area contributed by atoms with Gasteiger partial charge in [0, 0.05) is 23.8 Å². The van der Waals surface area contributed by atoms with Crippen molar-refractivity contribution in [2.75, 3.05) is 23.9 Å². The van der Waals surface area contributed by atoms with Crippen LogP contribution in [0, 0.1) is 0 Å². The molecular formula is C22H25N4S+. The van der Waals surface area contributed by atoms with Gasteiger partial charge in [-0.3, -0.25) is 0 Å². The van der Waals surface area contributed by atoms with Crippen LogP contribution in [0.2, 0.25) is 0 Å². The zero-order valence-corrected chi connectivity index (χ0v) is 16.5. The number of thioether (sulfide) groups is 1. The van der Waals surface area contributed by atoms with Crippen LogP contribution in [-0.2, 0) is 6.54 Å². The Morgan fingerprint density at radius 2 is 1.74 bits per heavy atom. The van der Waals surface area contributed by atoms with Crippen molar-refractivity contribution >= 4 is 28.5 Å². The molecular weight excluding hydrogens is 352 g/mol. The third-order valence-corrected chi connectivity index (χ3v) is 6.66. The van der Waals surface area contributed by atoms with E-state index in [9.17, 15) is 0 Å². The Morgan fingerprint density at radius 1 is 1.00 bits per heavy atom. The fourth-order valence-corrected chi connectivity index (χ4v) is 5.35. The van der Waals surface area contributed by atoms with Crippen LogP contribution in [-0.4, -0.2) is 39.4 Å². The number of anilines is 1. The summed E-state index contributed by atoms with van der Waals surface area (Å²) in [6.07, 6.45) is 2.50. The molecule has 2 aliphatic rings. The first-order chi connectivity index (χ1) is 13.3. The summed E-state index contributed by atoms with van der Waals surface area (Å²) >= 11 is 1.73. The van der Waals surface area contributed by atoms with Crippen molar-refractivity contribution in [3.8, 4) is 0 Å². The molecule has 0 N–H and O–H groups in total. The van der Waals surface area contributed by atoms with Crippen molar-refractivity contribution in [3.63, 3.8) is 0 Å². The van der Waals surface area contributed by atoms with Crippen LogP contribution in [0.25, 0.3) is 10.9 Å². The van der Waals surface area contributed by atoms with Gasteiger partial charge in [0.05, 0.1) is 11.6 Å². The van der Waals surface area contributed by atoms with Gasteiger partial charge in [-0.2, -0.15) is 4.98 Å². The largest absolute Gasteiger partial charge is 0.222 e. The molecule has 3 heterocycles. The summed E-state index contributed by atoms with van der Waals surface area (Å²) in [5, 5.41) is 4.70. The fourth-order valence-electron chi connectivity index (χ4n) is 4.78. The lowest BCUT2D eigenvalue weighted by Gasteiger charge is -2.38. The number of hydrogen-bond acceptors (Lipinski definition) is 4. The van der Waals surface area contributed by atoms with E-state index in [1.165, 1.54) is 36.9 Å². The monoisotopic (exact) mass is 377 g/mol. The highest BCUT2D eigenvalue weighted by atomic mass is 32.2. The molecule has 0 amide bonds. The number of fused-ring (bicyclic) bond motifs is 3. The van der Waals surface area contributed by atoms with E-state index in [1.807, 2.05) is 0 Å². The maximum absolute atomic E-state index is 5.06. The highest BCUT2D eigenvalue weighted by molar-refractivity contribution is 7.99. The van der Waals surface area contributed by atoms with Crippen LogP contribution < -0.4 is 5.01 Å². The van der Waals surface area contributed by atoms with Crippen LogP contribution in [0.15, 0.2) is 59.8 Å². The molecule has 2 aromatic carbocycles. The molecule has 5 heteroatoms. The van der Waals surface area contributed by atoms with E-state index < -0.39 is 0 Å². The first-order valence-corrected chi connectivity index (χ1v) is 10.9. The van der Waals surface area contributed by atoms with Crippen LogP contribution >= 0.6 is 11.8 Å².